The fourth-order valence-corrected chi connectivity index (χ4v) is 2.92. The van der Waals surface area contributed by atoms with E-state index in [-0.39, 0.29) is 5.97 Å². The summed E-state index contributed by atoms with van der Waals surface area (Å²) in [6.45, 7) is 3.97. The number of ether oxygens (including phenoxy) is 1. The van der Waals surface area contributed by atoms with E-state index in [1.807, 2.05) is 0 Å². The van der Waals surface area contributed by atoms with E-state index in [0.29, 0.717) is 12.0 Å². The van der Waals surface area contributed by atoms with Gasteiger partial charge in [-0.15, -0.1) is 0 Å². The summed E-state index contributed by atoms with van der Waals surface area (Å²) >= 11 is 0. The van der Waals surface area contributed by atoms with Gasteiger partial charge in [0.2, 0.25) is 0 Å². The summed E-state index contributed by atoms with van der Waals surface area (Å²) in [5.74, 6) is 0.627. The summed E-state index contributed by atoms with van der Waals surface area (Å²) in [4.78, 5) is 11.5. The normalized spacial score (nSPS) is 34.5. The van der Waals surface area contributed by atoms with Gasteiger partial charge in [0.1, 0.15) is 5.54 Å². The molecule has 3 nitrogen and oxygen atoms in total. The zero-order valence-electron chi connectivity index (χ0n) is 9.71. The van der Waals surface area contributed by atoms with Crippen LogP contribution in [0.3, 0.4) is 0 Å². The Kier molecular flexibility index (Phi) is 2.53. The number of carbonyl (C=O) groups is 1. The molecule has 2 bridgehead atoms. The van der Waals surface area contributed by atoms with Crippen LogP contribution in [0.4, 0.5) is 0 Å². The number of rotatable bonds is 3. The molecule has 0 aromatic heterocycles. The molecule has 0 heterocycles. The van der Waals surface area contributed by atoms with Gasteiger partial charge in [-0.1, -0.05) is 0 Å². The van der Waals surface area contributed by atoms with Gasteiger partial charge in [0.25, 0.3) is 0 Å². The molecule has 2 rings (SSSR count). The van der Waals surface area contributed by atoms with Crippen molar-refractivity contribution in [1.29, 1.82) is 0 Å². The molecule has 0 aromatic carbocycles. The Hall–Kier alpha value is -0.570. The van der Waals surface area contributed by atoms with Crippen LogP contribution in [-0.2, 0) is 9.53 Å². The fraction of sp³-hybridized carbons (Fsp3) is 0.917. The van der Waals surface area contributed by atoms with Crippen molar-refractivity contribution in [3.63, 3.8) is 0 Å². The highest BCUT2D eigenvalue weighted by Gasteiger charge is 2.45. The smallest absolute Gasteiger partial charge is 0.325 e. The lowest BCUT2D eigenvalue weighted by Gasteiger charge is -2.27. The molecule has 0 atom stereocenters. The second-order valence-corrected chi connectivity index (χ2v) is 5.95. The van der Waals surface area contributed by atoms with Crippen LogP contribution in [-0.4, -0.2) is 18.1 Å². The van der Waals surface area contributed by atoms with Gasteiger partial charge in [0.15, 0.2) is 0 Å². The van der Waals surface area contributed by atoms with Crippen LogP contribution >= 0.6 is 0 Å². The predicted molar refractivity (Wildman–Crippen MR) is 58.2 cm³/mol. The number of nitrogens with two attached hydrogens (primary N) is 1. The number of esters is 1. The third-order valence-corrected chi connectivity index (χ3v) is 3.92. The lowest BCUT2D eigenvalue weighted by atomic mass is 9.85. The number of hydrogen-bond donors (Lipinski definition) is 1. The standard InChI is InChI=1S/C12H21NO2/c1-11(2,13)10(14)15-8-12-5-3-9(7-12)4-6-12/h9H,3-8,13H2,1-2H3. The molecule has 2 aliphatic carbocycles. The predicted octanol–water partition coefficient (Wildman–Crippen LogP) is 1.85. The molecule has 0 aromatic rings. The van der Waals surface area contributed by atoms with Crippen LogP contribution in [0.25, 0.3) is 0 Å². The van der Waals surface area contributed by atoms with Crippen molar-refractivity contribution in [1.82, 2.24) is 0 Å². The van der Waals surface area contributed by atoms with Crippen LogP contribution in [0.1, 0.15) is 46.0 Å². The molecule has 2 aliphatic rings. The zero-order valence-corrected chi connectivity index (χ0v) is 9.71. The minimum absolute atomic E-state index is 0.271. The van der Waals surface area contributed by atoms with Crippen molar-refractivity contribution in [3.8, 4) is 0 Å². The Balaban J connectivity index is 1.86. The van der Waals surface area contributed by atoms with Gasteiger partial charge in [-0.2, -0.15) is 0 Å². The second-order valence-electron chi connectivity index (χ2n) is 5.95. The van der Waals surface area contributed by atoms with Gasteiger partial charge >= 0.3 is 5.97 Å². The number of fused-ring (bicyclic) bond motifs is 2. The first kappa shape index (κ1) is 10.9. The second kappa shape index (κ2) is 3.48. The van der Waals surface area contributed by atoms with Crippen molar-refractivity contribution in [2.75, 3.05) is 6.61 Å². The van der Waals surface area contributed by atoms with Crippen LogP contribution in [0.15, 0.2) is 0 Å². The van der Waals surface area contributed by atoms with E-state index in [0.717, 1.165) is 5.92 Å². The minimum Gasteiger partial charge on any atom is -0.464 e. The Morgan fingerprint density at radius 1 is 1.47 bits per heavy atom. The van der Waals surface area contributed by atoms with Crippen LogP contribution < -0.4 is 5.73 Å². The highest BCUT2D eigenvalue weighted by Crippen LogP contribution is 2.54. The van der Waals surface area contributed by atoms with E-state index < -0.39 is 5.54 Å². The lowest BCUT2D eigenvalue weighted by Crippen LogP contribution is -2.44. The maximum absolute atomic E-state index is 11.5. The SMILES string of the molecule is CC(C)(N)C(=O)OCC12CCC(CC1)C2. The summed E-state index contributed by atoms with van der Waals surface area (Å²) in [5, 5.41) is 0. The lowest BCUT2D eigenvalue weighted by molar-refractivity contribution is -0.152. The monoisotopic (exact) mass is 211 g/mol. The average molecular weight is 211 g/mol. The summed E-state index contributed by atoms with van der Waals surface area (Å²) in [6.07, 6.45) is 6.37. The molecular formula is C12H21NO2. The van der Waals surface area contributed by atoms with Gasteiger partial charge in [0.05, 0.1) is 6.61 Å². The van der Waals surface area contributed by atoms with E-state index in [9.17, 15) is 4.79 Å². The number of hydrogen-bond acceptors (Lipinski definition) is 3. The van der Waals surface area contributed by atoms with E-state index in [1.165, 1.54) is 32.1 Å². The first-order valence-electron chi connectivity index (χ1n) is 5.87. The molecule has 2 fully saturated rings. The molecule has 3 heteroatoms. The van der Waals surface area contributed by atoms with E-state index in [2.05, 4.69) is 0 Å². The van der Waals surface area contributed by atoms with Crippen LogP contribution in [0.5, 0.6) is 0 Å². The Labute approximate surface area is 91.4 Å². The van der Waals surface area contributed by atoms with Gasteiger partial charge in [-0.25, -0.2) is 0 Å². The van der Waals surface area contributed by atoms with Crippen LogP contribution in [0, 0.1) is 11.3 Å². The molecule has 0 spiro atoms. The first-order valence-corrected chi connectivity index (χ1v) is 5.87. The van der Waals surface area contributed by atoms with E-state index >= 15 is 0 Å². The van der Waals surface area contributed by atoms with Crippen LogP contribution in [0.2, 0.25) is 0 Å². The Bertz CT molecular complexity index is 259. The Morgan fingerprint density at radius 2 is 2.07 bits per heavy atom. The molecule has 0 amide bonds. The van der Waals surface area contributed by atoms with Gasteiger partial charge in [-0.3, -0.25) is 4.79 Å². The topological polar surface area (TPSA) is 52.3 Å². The zero-order chi connectivity index (χ0) is 11.1. The minimum atomic E-state index is -0.854. The maximum Gasteiger partial charge on any atom is 0.325 e. The van der Waals surface area contributed by atoms with Crippen molar-refractivity contribution in [2.45, 2.75) is 51.5 Å². The third kappa shape index (κ3) is 2.17. The molecule has 0 aliphatic heterocycles. The van der Waals surface area contributed by atoms with E-state index in [4.69, 9.17) is 10.5 Å². The molecule has 0 radical (unpaired) electrons. The summed E-state index contributed by atoms with van der Waals surface area (Å²) in [5.41, 5.74) is 5.14. The van der Waals surface area contributed by atoms with Gasteiger partial charge in [-0.05, 0) is 51.9 Å². The largest absolute Gasteiger partial charge is 0.464 e. The van der Waals surface area contributed by atoms with Gasteiger partial charge < -0.3 is 10.5 Å². The molecule has 0 unspecified atom stereocenters. The quantitative estimate of drug-likeness (QED) is 0.725. The molecular weight excluding hydrogens is 190 g/mol. The molecule has 0 saturated heterocycles. The summed E-state index contributed by atoms with van der Waals surface area (Å²) < 4.78 is 5.35. The highest BCUT2D eigenvalue weighted by atomic mass is 16.5. The molecule has 2 N–H and O–H groups in total. The highest BCUT2D eigenvalue weighted by molar-refractivity contribution is 5.79. The molecule has 2 saturated carbocycles. The maximum atomic E-state index is 11.5. The van der Waals surface area contributed by atoms with Gasteiger partial charge in [0, 0.05) is 5.41 Å². The molecule has 15 heavy (non-hydrogen) atoms. The average Bonchev–Trinajstić information content (AvgIpc) is 2.72. The van der Waals surface area contributed by atoms with E-state index in [1.54, 1.807) is 13.8 Å². The molecule has 86 valence electrons. The summed E-state index contributed by atoms with van der Waals surface area (Å²) in [6, 6.07) is 0. The van der Waals surface area contributed by atoms with Crippen molar-refractivity contribution in [3.05, 3.63) is 0 Å². The summed E-state index contributed by atoms with van der Waals surface area (Å²) in [7, 11) is 0. The van der Waals surface area contributed by atoms with Crippen molar-refractivity contribution >= 4 is 5.97 Å². The third-order valence-electron chi connectivity index (χ3n) is 3.92. The number of carbonyl (C=O) groups excluding carboxylic acids is 1. The fourth-order valence-electron chi connectivity index (χ4n) is 2.92. The Morgan fingerprint density at radius 3 is 2.47 bits per heavy atom. The van der Waals surface area contributed by atoms with Crippen molar-refractivity contribution in [2.24, 2.45) is 17.1 Å². The first-order chi connectivity index (χ1) is 6.91. The van der Waals surface area contributed by atoms with Crippen molar-refractivity contribution < 1.29 is 9.53 Å².